The van der Waals surface area contributed by atoms with Crippen LogP contribution in [0.5, 0.6) is 0 Å². The zero-order valence-electron chi connectivity index (χ0n) is 17.8. The molecule has 5 nitrogen and oxygen atoms in total. The van der Waals surface area contributed by atoms with Gasteiger partial charge < -0.3 is 14.6 Å². The molecule has 2 saturated heterocycles. The molecule has 1 amide bonds. The van der Waals surface area contributed by atoms with Gasteiger partial charge in [-0.05, 0) is 38.0 Å². The van der Waals surface area contributed by atoms with Crippen LogP contribution in [-0.2, 0) is 11.3 Å². The highest BCUT2D eigenvalue weighted by Crippen LogP contribution is 2.29. The van der Waals surface area contributed by atoms with Gasteiger partial charge in [0.05, 0.1) is 18.8 Å². The maximum absolute atomic E-state index is 13.8. The summed E-state index contributed by atoms with van der Waals surface area (Å²) in [4.78, 5) is 14.4. The first-order valence-corrected chi connectivity index (χ1v) is 8.94. The number of amides is 1. The second-order valence-electron chi connectivity index (χ2n) is 7.34. The van der Waals surface area contributed by atoms with Gasteiger partial charge >= 0.3 is 6.18 Å². The summed E-state index contributed by atoms with van der Waals surface area (Å²) in [6.07, 6.45) is -2.77. The van der Waals surface area contributed by atoms with Crippen LogP contribution >= 0.6 is 0 Å². The largest absolute Gasteiger partial charge is 0.406 e. The number of alkyl halides is 3. The first-order valence-electron chi connectivity index (χ1n) is 10.4. The first kappa shape index (κ1) is 15.8. The summed E-state index contributed by atoms with van der Waals surface area (Å²) in [5.74, 6) is -1.29. The number of rotatable bonds is 3. The lowest BCUT2D eigenvalue weighted by atomic mass is 9.90. The number of hydrogen-bond acceptors (Lipinski definition) is 3. The van der Waals surface area contributed by atoms with Gasteiger partial charge in [-0.25, -0.2) is 4.39 Å². The number of fused-ring (bicyclic) bond motifs is 3. The molecule has 1 aromatic carbocycles. The highest BCUT2D eigenvalue weighted by atomic mass is 19.4. The van der Waals surface area contributed by atoms with Gasteiger partial charge in [0.2, 0.25) is 0 Å². The summed E-state index contributed by atoms with van der Waals surface area (Å²) in [5, 5.41) is 2.89. The van der Waals surface area contributed by atoms with Crippen molar-refractivity contribution in [2.45, 2.75) is 43.7 Å². The maximum Gasteiger partial charge on any atom is 0.406 e. The molecule has 3 atom stereocenters. The molecule has 0 aliphatic carbocycles. The lowest BCUT2D eigenvalue weighted by molar-refractivity contribution is -0.139. The number of halogens is 4. The summed E-state index contributed by atoms with van der Waals surface area (Å²) in [6.45, 7) is -3.15. The summed E-state index contributed by atoms with van der Waals surface area (Å²) in [6, 6.07) is 2.10. The van der Waals surface area contributed by atoms with Gasteiger partial charge in [0.25, 0.3) is 5.91 Å². The van der Waals surface area contributed by atoms with Crippen LogP contribution in [0.25, 0.3) is 10.9 Å². The lowest BCUT2D eigenvalue weighted by Gasteiger charge is -2.46. The highest BCUT2D eigenvalue weighted by Gasteiger charge is 2.37. The molecule has 152 valence electrons. The fraction of sp³-hybridized carbons (Fsp3) is 0.526. The minimum Gasteiger partial charge on any atom is -0.378 e. The standard InChI is InChI=1S/C19H21F4N3O2/c1-25-13-5-12(6-14(25)9-28-8-13)24-18(27)16-7-26(10-19(21,22)23)17-3-2-11(20)4-15(16)17/h2-4,7,12-14H,5-6,8-10H2,1H3,(H,24,27)/t12?,13-,14+/i1D3. The van der Waals surface area contributed by atoms with E-state index in [9.17, 15) is 22.4 Å². The molecule has 1 unspecified atom stereocenters. The summed E-state index contributed by atoms with van der Waals surface area (Å²) in [5.41, 5.74) is 0.0461. The molecule has 9 heteroatoms. The molecular weight excluding hydrogens is 378 g/mol. The van der Waals surface area contributed by atoms with Crippen molar-refractivity contribution < 1.29 is 31.2 Å². The molecule has 1 aromatic heterocycles. The molecule has 2 aliphatic rings. The molecule has 3 heterocycles. The van der Waals surface area contributed by atoms with E-state index in [-0.39, 0.29) is 35.7 Å². The quantitative estimate of drug-likeness (QED) is 0.804. The highest BCUT2D eigenvalue weighted by molar-refractivity contribution is 6.07. The molecule has 1 N–H and O–H groups in total. The summed E-state index contributed by atoms with van der Waals surface area (Å²) in [7, 11) is 0. The van der Waals surface area contributed by atoms with Crippen LogP contribution in [0, 0.1) is 5.82 Å². The zero-order valence-corrected chi connectivity index (χ0v) is 14.8. The molecule has 0 radical (unpaired) electrons. The second kappa shape index (κ2) is 7.04. The second-order valence-corrected chi connectivity index (χ2v) is 7.34. The summed E-state index contributed by atoms with van der Waals surface area (Å²) < 4.78 is 82.1. The van der Waals surface area contributed by atoms with E-state index >= 15 is 0 Å². The van der Waals surface area contributed by atoms with Crippen molar-refractivity contribution in [2.24, 2.45) is 0 Å². The Kier molecular flexibility index (Phi) is 3.96. The number of hydrogen-bond donors (Lipinski definition) is 1. The molecule has 28 heavy (non-hydrogen) atoms. The van der Waals surface area contributed by atoms with E-state index in [4.69, 9.17) is 8.85 Å². The molecule has 0 saturated carbocycles. The van der Waals surface area contributed by atoms with E-state index in [2.05, 4.69) is 5.32 Å². The smallest absolute Gasteiger partial charge is 0.378 e. The number of aromatic nitrogens is 1. The molecular formula is C19H21F4N3O2. The Balaban J connectivity index is 1.57. The first-order chi connectivity index (χ1) is 14.4. The van der Waals surface area contributed by atoms with Crippen LogP contribution in [0.3, 0.4) is 0 Å². The van der Waals surface area contributed by atoms with Crippen LogP contribution in [-0.4, -0.2) is 59.9 Å². The average Bonchev–Trinajstić information content (AvgIpc) is 2.96. The number of ether oxygens (including phenoxy) is 1. The lowest BCUT2D eigenvalue weighted by Crippen LogP contribution is -2.59. The number of carbonyl (C=O) groups is 1. The molecule has 4 rings (SSSR count). The molecule has 0 spiro atoms. The fourth-order valence-electron chi connectivity index (χ4n) is 4.07. The SMILES string of the molecule is [2H]C([2H])([2H])N1[C@@H]2COC[C@H]1CC(NC(=O)c1cn(CC(F)(F)F)c3ccc(F)cc13)C2. The van der Waals surface area contributed by atoms with Gasteiger partial charge in [-0.2, -0.15) is 13.2 Å². The predicted octanol–water partition coefficient (Wildman–Crippen LogP) is 2.93. The third-order valence-corrected chi connectivity index (χ3v) is 5.29. The number of likely N-dealkylation sites (N-methyl/N-ethyl adjacent to an activating group) is 1. The van der Waals surface area contributed by atoms with Gasteiger partial charge in [-0.1, -0.05) is 0 Å². The number of morpholine rings is 1. The third-order valence-electron chi connectivity index (χ3n) is 5.29. The Labute approximate surface area is 163 Å². The van der Waals surface area contributed by atoms with E-state index < -0.39 is 43.5 Å². The Morgan fingerprint density at radius 2 is 2.04 bits per heavy atom. The van der Waals surface area contributed by atoms with Crippen molar-refractivity contribution in [1.82, 2.24) is 14.8 Å². The fourth-order valence-corrected chi connectivity index (χ4v) is 4.07. The molecule has 2 aromatic rings. The monoisotopic (exact) mass is 402 g/mol. The van der Waals surface area contributed by atoms with Crippen molar-refractivity contribution in [3.63, 3.8) is 0 Å². The topological polar surface area (TPSA) is 46.5 Å². The Hall–Kier alpha value is -2.13. The molecule has 2 fully saturated rings. The van der Waals surface area contributed by atoms with E-state index in [0.717, 1.165) is 22.9 Å². The third kappa shape index (κ3) is 3.73. The molecule has 2 bridgehead atoms. The maximum atomic E-state index is 13.8. The number of nitrogens with one attached hydrogen (secondary N) is 1. The van der Waals surface area contributed by atoms with Gasteiger partial charge in [-0.15, -0.1) is 0 Å². The van der Waals surface area contributed by atoms with Gasteiger partial charge in [-0.3, -0.25) is 9.69 Å². The van der Waals surface area contributed by atoms with Crippen molar-refractivity contribution in [1.29, 1.82) is 0 Å². The van der Waals surface area contributed by atoms with Gasteiger partial charge in [0.1, 0.15) is 12.4 Å². The van der Waals surface area contributed by atoms with Crippen molar-refractivity contribution in [2.75, 3.05) is 20.2 Å². The minimum atomic E-state index is -4.51. The van der Waals surface area contributed by atoms with E-state index in [1.807, 2.05) is 0 Å². The normalized spacial score (nSPS) is 27.9. The van der Waals surface area contributed by atoms with Crippen LogP contribution in [0.1, 0.15) is 27.3 Å². The van der Waals surface area contributed by atoms with E-state index in [0.29, 0.717) is 12.8 Å². The number of carbonyl (C=O) groups excluding carboxylic acids is 1. The predicted molar refractivity (Wildman–Crippen MR) is 94.6 cm³/mol. The van der Waals surface area contributed by atoms with Crippen molar-refractivity contribution >= 4 is 16.8 Å². The van der Waals surface area contributed by atoms with Crippen LogP contribution in [0.2, 0.25) is 0 Å². The van der Waals surface area contributed by atoms with E-state index in [1.165, 1.54) is 11.0 Å². The Morgan fingerprint density at radius 3 is 2.68 bits per heavy atom. The number of benzene rings is 1. The van der Waals surface area contributed by atoms with Crippen LogP contribution < -0.4 is 5.32 Å². The Morgan fingerprint density at radius 1 is 1.32 bits per heavy atom. The van der Waals surface area contributed by atoms with Crippen LogP contribution in [0.4, 0.5) is 17.6 Å². The minimum absolute atomic E-state index is 0.0570. The van der Waals surface area contributed by atoms with Gasteiger partial charge in [0, 0.05) is 39.3 Å². The summed E-state index contributed by atoms with van der Waals surface area (Å²) >= 11 is 0. The average molecular weight is 402 g/mol. The van der Waals surface area contributed by atoms with E-state index in [1.54, 1.807) is 0 Å². The zero-order chi connectivity index (χ0) is 22.6. The molecule has 2 aliphatic heterocycles. The van der Waals surface area contributed by atoms with Crippen LogP contribution in [0.15, 0.2) is 24.4 Å². The van der Waals surface area contributed by atoms with Gasteiger partial charge in [0.15, 0.2) is 0 Å². The van der Waals surface area contributed by atoms with Crippen molar-refractivity contribution in [3.8, 4) is 0 Å². The number of piperidine rings is 1. The number of nitrogens with zero attached hydrogens (tertiary/aromatic N) is 2. The van der Waals surface area contributed by atoms with Crippen molar-refractivity contribution in [3.05, 3.63) is 35.8 Å². The Bertz CT molecular complexity index is 978.